The molecule has 0 spiro atoms. The highest BCUT2D eigenvalue weighted by molar-refractivity contribution is 7.14. The molecule has 2 aromatic heterocycles. The molecule has 0 aliphatic carbocycles. The third-order valence-electron chi connectivity index (χ3n) is 5.53. The Morgan fingerprint density at radius 1 is 1.19 bits per heavy atom. The van der Waals surface area contributed by atoms with E-state index in [1.165, 1.54) is 18.5 Å². The van der Waals surface area contributed by atoms with Crippen LogP contribution in [0.5, 0.6) is 17.2 Å². The van der Waals surface area contributed by atoms with Crippen LogP contribution < -0.4 is 14.8 Å². The lowest BCUT2D eigenvalue weighted by molar-refractivity contribution is -0.130. The lowest BCUT2D eigenvalue weighted by Gasteiger charge is -2.14. The number of benzene rings is 2. The number of hydrogen-bond acceptors (Lipinski definition) is 9. The van der Waals surface area contributed by atoms with Crippen LogP contribution in [0.4, 0.5) is 9.52 Å². The first-order valence-electron chi connectivity index (χ1n) is 10.9. The smallest absolute Gasteiger partial charge is 0.257 e. The number of halogens is 1. The molecular weight excluding hydrogens is 489 g/mol. The number of thiazole rings is 1. The van der Waals surface area contributed by atoms with Crippen molar-refractivity contribution in [1.82, 2.24) is 20.0 Å². The van der Waals surface area contributed by atoms with Crippen LogP contribution in [0.15, 0.2) is 59.5 Å². The molecule has 2 aromatic carbocycles. The molecule has 1 N–H and O–H groups in total. The standard InChI is InChI=1S/C24H20FN5O5S/c1-30-7-6-15(23(30)32)12-33-18-8-16(21(31)29-24-26-11-20(25)36-24)9-19(10-18)34-17-4-2-14(3-5-17)22-27-13-28-35-22/h2-5,8-11,13,15H,6-7,12H2,1H3,(H,26,29,31). The number of carbonyl (C=O) groups excluding carboxylic acids is 2. The maximum Gasteiger partial charge on any atom is 0.257 e. The zero-order chi connectivity index (χ0) is 25.1. The van der Waals surface area contributed by atoms with Gasteiger partial charge in [-0.25, -0.2) is 4.98 Å². The lowest BCUT2D eigenvalue weighted by Crippen LogP contribution is -2.25. The van der Waals surface area contributed by atoms with Gasteiger partial charge >= 0.3 is 0 Å². The Morgan fingerprint density at radius 2 is 2.00 bits per heavy atom. The van der Waals surface area contributed by atoms with Gasteiger partial charge in [-0.2, -0.15) is 9.37 Å². The van der Waals surface area contributed by atoms with Crippen molar-refractivity contribution in [3.05, 3.63) is 65.7 Å². The van der Waals surface area contributed by atoms with Crippen LogP contribution in [0.2, 0.25) is 0 Å². The first-order chi connectivity index (χ1) is 17.4. The maximum atomic E-state index is 13.3. The molecule has 1 atom stereocenters. The highest BCUT2D eigenvalue weighted by atomic mass is 32.1. The van der Waals surface area contributed by atoms with Gasteiger partial charge in [-0.15, -0.1) is 0 Å². The SMILES string of the molecule is CN1CCC(COc2cc(Oc3ccc(-c4ncno4)cc3)cc(C(=O)Nc3ncc(F)s3)c2)C1=O. The van der Waals surface area contributed by atoms with Crippen molar-refractivity contribution < 1.29 is 28.0 Å². The van der Waals surface area contributed by atoms with Crippen molar-refractivity contribution in [2.24, 2.45) is 5.92 Å². The number of ether oxygens (including phenoxy) is 2. The number of rotatable bonds is 8. The predicted octanol–water partition coefficient (Wildman–Crippen LogP) is 4.23. The summed E-state index contributed by atoms with van der Waals surface area (Å²) in [5.41, 5.74) is 0.939. The number of nitrogens with zero attached hydrogens (tertiary/aromatic N) is 4. The van der Waals surface area contributed by atoms with Crippen molar-refractivity contribution in [2.45, 2.75) is 6.42 Å². The second kappa shape index (κ2) is 10.1. The summed E-state index contributed by atoms with van der Waals surface area (Å²) in [5.74, 6) is 0.817. The number of aromatic nitrogens is 3. The van der Waals surface area contributed by atoms with Crippen LogP contribution >= 0.6 is 11.3 Å². The average molecular weight is 510 g/mol. The first kappa shape index (κ1) is 23.4. The Hall–Kier alpha value is -4.32. The van der Waals surface area contributed by atoms with E-state index in [9.17, 15) is 14.0 Å². The molecule has 5 rings (SSSR count). The van der Waals surface area contributed by atoms with Gasteiger partial charge in [-0.3, -0.25) is 14.9 Å². The number of carbonyl (C=O) groups is 2. The van der Waals surface area contributed by atoms with E-state index >= 15 is 0 Å². The van der Waals surface area contributed by atoms with Crippen molar-refractivity contribution in [3.8, 4) is 28.7 Å². The molecule has 1 unspecified atom stereocenters. The molecule has 0 saturated carbocycles. The summed E-state index contributed by atoms with van der Waals surface area (Å²) < 4.78 is 30.2. The predicted molar refractivity (Wildman–Crippen MR) is 128 cm³/mol. The molecule has 10 nitrogen and oxygen atoms in total. The summed E-state index contributed by atoms with van der Waals surface area (Å²) in [4.78, 5) is 34.6. The van der Waals surface area contributed by atoms with Crippen molar-refractivity contribution in [1.29, 1.82) is 0 Å². The summed E-state index contributed by atoms with van der Waals surface area (Å²) in [6.07, 6.45) is 3.04. The van der Waals surface area contributed by atoms with E-state index in [0.29, 0.717) is 36.1 Å². The molecule has 4 aromatic rings. The van der Waals surface area contributed by atoms with E-state index in [1.54, 1.807) is 42.3 Å². The lowest BCUT2D eigenvalue weighted by atomic mass is 10.1. The fraction of sp³-hybridized carbons (Fsp3) is 0.208. The monoisotopic (exact) mass is 509 g/mol. The molecule has 1 fully saturated rings. The zero-order valence-corrected chi connectivity index (χ0v) is 19.8. The van der Waals surface area contributed by atoms with E-state index in [4.69, 9.17) is 14.0 Å². The van der Waals surface area contributed by atoms with Gasteiger partial charge in [0.25, 0.3) is 11.8 Å². The second-order valence-electron chi connectivity index (χ2n) is 8.05. The van der Waals surface area contributed by atoms with E-state index in [1.807, 2.05) is 0 Å². The van der Waals surface area contributed by atoms with Crippen LogP contribution in [-0.4, -0.2) is 52.0 Å². The van der Waals surface area contributed by atoms with Crippen LogP contribution in [-0.2, 0) is 4.79 Å². The molecule has 184 valence electrons. The molecule has 1 saturated heterocycles. The zero-order valence-electron chi connectivity index (χ0n) is 19.0. The fourth-order valence-electron chi connectivity index (χ4n) is 3.67. The van der Waals surface area contributed by atoms with Gasteiger partial charge in [0, 0.05) is 30.8 Å². The topological polar surface area (TPSA) is 120 Å². The third-order valence-corrected chi connectivity index (χ3v) is 6.23. The van der Waals surface area contributed by atoms with Gasteiger partial charge in [-0.1, -0.05) is 16.5 Å². The number of likely N-dealkylation sites (tertiary alicyclic amines) is 1. The van der Waals surface area contributed by atoms with Gasteiger partial charge < -0.3 is 18.9 Å². The molecule has 2 amide bonds. The number of nitrogens with one attached hydrogen (secondary N) is 1. The Labute approximate surface area is 208 Å². The summed E-state index contributed by atoms with van der Waals surface area (Å²) in [7, 11) is 1.75. The molecule has 1 aliphatic heterocycles. The molecule has 12 heteroatoms. The summed E-state index contributed by atoms with van der Waals surface area (Å²) in [6, 6.07) is 11.7. The van der Waals surface area contributed by atoms with E-state index in [-0.39, 0.29) is 29.1 Å². The molecule has 3 heterocycles. The largest absolute Gasteiger partial charge is 0.493 e. The maximum absolute atomic E-state index is 13.3. The van der Waals surface area contributed by atoms with E-state index in [2.05, 4.69) is 20.4 Å². The molecule has 0 radical (unpaired) electrons. The van der Waals surface area contributed by atoms with Gasteiger partial charge in [0.15, 0.2) is 16.6 Å². The Balaban J connectivity index is 1.36. The summed E-state index contributed by atoms with van der Waals surface area (Å²) in [5, 5.41) is 5.77. The number of hydrogen-bond donors (Lipinski definition) is 1. The number of anilines is 1. The normalized spacial score (nSPS) is 15.2. The van der Waals surface area contributed by atoms with Gasteiger partial charge in [0.2, 0.25) is 5.91 Å². The fourth-order valence-corrected chi connectivity index (χ4v) is 4.21. The minimum Gasteiger partial charge on any atom is -0.493 e. The molecule has 1 aliphatic rings. The minimum atomic E-state index is -0.512. The van der Waals surface area contributed by atoms with Crippen LogP contribution in [0.25, 0.3) is 11.5 Å². The van der Waals surface area contributed by atoms with Gasteiger partial charge in [-0.05, 0) is 42.8 Å². The number of amides is 2. The van der Waals surface area contributed by atoms with Crippen molar-refractivity contribution >= 4 is 28.3 Å². The Kier molecular flexibility index (Phi) is 6.58. The quantitative estimate of drug-likeness (QED) is 0.375. The minimum absolute atomic E-state index is 0.0208. The highest BCUT2D eigenvalue weighted by Gasteiger charge is 2.29. The Morgan fingerprint density at radius 3 is 2.67 bits per heavy atom. The highest BCUT2D eigenvalue weighted by Crippen LogP contribution is 2.30. The van der Waals surface area contributed by atoms with E-state index in [0.717, 1.165) is 23.1 Å². The molecule has 0 bridgehead atoms. The third kappa shape index (κ3) is 5.33. The molecular formula is C24H20FN5O5S. The average Bonchev–Trinajstić information content (AvgIpc) is 3.62. The van der Waals surface area contributed by atoms with Crippen molar-refractivity contribution in [3.63, 3.8) is 0 Å². The Bertz CT molecular complexity index is 1380. The van der Waals surface area contributed by atoms with Gasteiger partial charge in [0.1, 0.15) is 17.2 Å². The summed E-state index contributed by atoms with van der Waals surface area (Å²) in [6.45, 7) is 0.845. The van der Waals surface area contributed by atoms with Gasteiger partial charge in [0.05, 0.1) is 18.7 Å². The van der Waals surface area contributed by atoms with Crippen LogP contribution in [0.1, 0.15) is 16.8 Å². The summed E-state index contributed by atoms with van der Waals surface area (Å²) >= 11 is 0.718. The van der Waals surface area contributed by atoms with Crippen LogP contribution in [0.3, 0.4) is 0 Å². The first-order valence-corrected chi connectivity index (χ1v) is 11.8. The van der Waals surface area contributed by atoms with Crippen molar-refractivity contribution in [2.75, 3.05) is 25.5 Å². The second-order valence-corrected chi connectivity index (χ2v) is 9.03. The molecule has 36 heavy (non-hydrogen) atoms. The van der Waals surface area contributed by atoms with Crippen LogP contribution in [0, 0.1) is 11.0 Å². The van der Waals surface area contributed by atoms with E-state index < -0.39 is 11.0 Å².